The summed E-state index contributed by atoms with van der Waals surface area (Å²) in [7, 11) is -2.32. The van der Waals surface area contributed by atoms with Gasteiger partial charge in [-0.1, -0.05) is 145 Å². The number of nitrogens with zero attached hydrogens (tertiary/aromatic N) is 3. The molecule has 0 aliphatic carbocycles. The number of nitrogens with one attached hydrogen (secondary N) is 5. The summed E-state index contributed by atoms with van der Waals surface area (Å²) in [5.41, 5.74) is 9.81. The van der Waals surface area contributed by atoms with E-state index in [9.17, 15) is 43.2 Å². The maximum Gasteiger partial charge on any atom is 0.437 e. The SMILES string of the molecule is CC(C)[Si](Oc1ccc(/C=C2/C=C/C(=O)NC[C@H](NC=O)C(=O)N3CCC[C@H]3C(=O)N[C@@H](CCCN(C(=O)OCc3ccccc3)/C(N)=N/C(=O)OCc3ccccc3)C(=O)C(=O)N[C@H](Cc3ccccc3)C(=O)N2)cc1)(C(C)C)C(C)C. The van der Waals surface area contributed by atoms with Crippen LogP contribution in [-0.4, -0.2) is 122 Å². The summed E-state index contributed by atoms with van der Waals surface area (Å²) in [5.74, 6) is -5.40. The molecule has 2 heterocycles. The zero-order valence-corrected chi connectivity index (χ0v) is 48.7. The van der Waals surface area contributed by atoms with E-state index in [-0.39, 0.29) is 57.7 Å². The van der Waals surface area contributed by atoms with Crippen molar-refractivity contribution in [3.63, 3.8) is 0 Å². The van der Waals surface area contributed by atoms with E-state index in [1.54, 1.807) is 109 Å². The summed E-state index contributed by atoms with van der Waals surface area (Å²) >= 11 is 0. The van der Waals surface area contributed by atoms with Gasteiger partial charge in [-0.05, 0) is 88.8 Å². The van der Waals surface area contributed by atoms with Crippen molar-refractivity contribution in [2.45, 2.75) is 128 Å². The van der Waals surface area contributed by atoms with Gasteiger partial charge in [0.05, 0.1) is 6.04 Å². The molecule has 440 valence electrons. The first kappa shape index (κ1) is 63.3. The Bertz CT molecular complexity index is 2970. The lowest BCUT2D eigenvalue weighted by Gasteiger charge is -2.42. The van der Waals surface area contributed by atoms with Gasteiger partial charge in [-0.25, -0.2) is 14.5 Å². The van der Waals surface area contributed by atoms with E-state index < -0.39 is 92.5 Å². The van der Waals surface area contributed by atoms with Gasteiger partial charge in [0.1, 0.15) is 37.1 Å². The number of ether oxygens (including phenoxy) is 2. The molecule has 0 bridgehead atoms. The Hall–Kier alpha value is -8.92. The number of nitrogens with two attached hydrogens (primary N) is 1. The van der Waals surface area contributed by atoms with Gasteiger partial charge in [-0.2, -0.15) is 0 Å². The quantitative estimate of drug-likeness (QED) is 0.0209. The lowest BCUT2D eigenvalue weighted by atomic mass is 10.0. The first-order valence-corrected chi connectivity index (χ1v) is 29.9. The topological polar surface area (TPSA) is 286 Å². The number of fused-ring (bicyclic) bond motifs is 1. The van der Waals surface area contributed by atoms with Gasteiger partial charge in [0.25, 0.3) is 14.2 Å². The predicted octanol–water partition coefficient (Wildman–Crippen LogP) is 6.34. The van der Waals surface area contributed by atoms with Crippen LogP contribution in [0.5, 0.6) is 5.75 Å². The van der Waals surface area contributed by atoms with Crippen molar-refractivity contribution in [2.24, 2.45) is 10.7 Å². The van der Waals surface area contributed by atoms with Crippen molar-refractivity contribution in [1.29, 1.82) is 0 Å². The second kappa shape index (κ2) is 30.8. The van der Waals surface area contributed by atoms with Gasteiger partial charge in [-0.3, -0.25) is 33.6 Å². The van der Waals surface area contributed by atoms with Gasteiger partial charge in [-0.15, -0.1) is 4.99 Å². The molecule has 0 aromatic heterocycles. The van der Waals surface area contributed by atoms with E-state index in [0.29, 0.717) is 57.5 Å². The number of aliphatic imine (C=N–C) groups is 1. The van der Waals surface area contributed by atoms with Crippen molar-refractivity contribution in [3.05, 3.63) is 155 Å². The standard InChI is InChI=1S/C61H75N9O12Si/c1-40(2)83(41(3)4,42(5)6)82-48-29-26-44(27-30-48)34-47-28-31-53(72)63-36-51(64-39-71)58(77)69-32-17-25-52(69)56(75)66-49(54(73)57(76)67-50(55(74)65-47)35-43-18-10-7-11-19-43)24-16-33-70(61(79)81-38-46-22-14-9-15-23-46)59(62)68-60(78)80-37-45-20-12-8-13-21-45/h7-15,18-23,26-31,34,39-42,49-52H,16-17,24-25,32-33,35-38H2,1-6H3,(H,63,72)(H,64,71)(H,65,74)(H,66,75)(H,67,76)(H2,62,68,78)/b31-28+,47-34-/t49-,50+,51-,52-/m0/s1. The Morgan fingerprint density at radius 3 is 1.94 bits per heavy atom. The monoisotopic (exact) mass is 1150 g/mol. The van der Waals surface area contributed by atoms with Crippen LogP contribution < -0.4 is 36.7 Å². The summed E-state index contributed by atoms with van der Waals surface area (Å²) in [6, 6.07) is 27.9. The minimum atomic E-state index is -2.32. The fraction of sp³-hybridized carbons (Fsp3) is 0.377. The maximum absolute atomic E-state index is 14.7. The van der Waals surface area contributed by atoms with Crippen molar-refractivity contribution in [1.82, 2.24) is 36.4 Å². The lowest BCUT2D eigenvalue weighted by Crippen LogP contribution is -2.58. The zero-order chi connectivity index (χ0) is 60.1. The first-order valence-electron chi connectivity index (χ1n) is 27.8. The molecule has 7 N–H and O–H groups in total. The largest absolute Gasteiger partial charge is 0.543 e. The van der Waals surface area contributed by atoms with E-state index in [1.807, 2.05) is 12.1 Å². The number of carbonyl (C=O) groups excluding carboxylic acids is 9. The number of carbonyl (C=O) groups is 9. The fourth-order valence-corrected chi connectivity index (χ4v) is 15.6. The molecule has 1 fully saturated rings. The smallest absolute Gasteiger partial charge is 0.437 e. The molecule has 4 atom stereocenters. The molecule has 1 saturated heterocycles. The molecule has 83 heavy (non-hydrogen) atoms. The third kappa shape index (κ3) is 18.0. The molecule has 2 aliphatic heterocycles. The Balaban J connectivity index is 1.33. The molecular weight excluding hydrogens is 1080 g/mol. The van der Waals surface area contributed by atoms with Crippen molar-refractivity contribution >= 4 is 74.3 Å². The number of allylic oxidation sites excluding steroid dienone is 1. The van der Waals surface area contributed by atoms with E-state index in [1.165, 1.54) is 11.0 Å². The third-order valence-corrected chi connectivity index (χ3v) is 20.5. The van der Waals surface area contributed by atoms with Crippen LogP contribution in [0.4, 0.5) is 9.59 Å². The average Bonchev–Trinajstić information content (AvgIpc) is 3.99. The molecule has 21 nitrogen and oxygen atoms in total. The van der Waals surface area contributed by atoms with Crippen LogP contribution in [0.2, 0.25) is 16.6 Å². The van der Waals surface area contributed by atoms with Gasteiger partial charge in [0.15, 0.2) is 0 Å². The number of Topliss-reactive ketones (excluding diaryl/α,β-unsaturated/α-hetero) is 1. The minimum absolute atomic E-state index is 0.0690. The van der Waals surface area contributed by atoms with Gasteiger partial charge in [0, 0.05) is 37.8 Å². The number of guanidine groups is 1. The predicted molar refractivity (Wildman–Crippen MR) is 314 cm³/mol. The summed E-state index contributed by atoms with van der Waals surface area (Å²) in [5, 5.41) is 13.1. The van der Waals surface area contributed by atoms with Crippen LogP contribution >= 0.6 is 0 Å². The highest BCUT2D eigenvalue weighted by Crippen LogP contribution is 2.42. The van der Waals surface area contributed by atoms with Crippen molar-refractivity contribution < 1.29 is 57.1 Å². The van der Waals surface area contributed by atoms with Crippen molar-refractivity contribution in [3.8, 4) is 5.75 Å². The molecule has 22 heteroatoms. The number of benzene rings is 4. The van der Waals surface area contributed by atoms with Gasteiger partial charge in [0.2, 0.25) is 41.8 Å². The van der Waals surface area contributed by atoms with Crippen molar-refractivity contribution in [2.75, 3.05) is 19.6 Å². The maximum atomic E-state index is 14.7. The van der Waals surface area contributed by atoms with Crippen LogP contribution in [0.1, 0.15) is 89.5 Å². The van der Waals surface area contributed by atoms with Gasteiger partial charge >= 0.3 is 12.2 Å². The fourth-order valence-electron chi connectivity index (χ4n) is 10.4. The molecule has 0 unspecified atom stereocenters. The zero-order valence-electron chi connectivity index (χ0n) is 47.7. The number of rotatable bonds is 18. The van der Waals surface area contributed by atoms with E-state index in [2.05, 4.69) is 73.1 Å². The van der Waals surface area contributed by atoms with Crippen LogP contribution in [0.15, 0.2) is 138 Å². The minimum Gasteiger partial charge on any atom is -0.543 e. The third-order valence-electron chi connectivity index (χ3n) is 14.5. The molecule has 4 aromatic carbocycles. The summed E-state index contributed by atoms with van der Waals surface area (Å²) in [6.45, 7) is 12.1. The normalized spacial score (nSPS) is 19.6. The molecule has 2 aliphatic rings. The van der Waals surface area contributed by atoms with E-state index in [4.69, 9.17) is 19.6 Å². The second-order valence-electron chi connectivity index (χ2n) is 21.2. The molecule has 0 saturated carbocycles. The summed E-state index contributed by atoms with van der Waals surface area (Å²) < 4.78 is 17.7. The van der Waals surface area contributed by atoms with Crippen LogP contribution in [-0.2, 0) is 62.7 Å². The Morgan fingerprint density at radius 2 is 1.35 bits per heavy atom. The average molecular weight is 1150 g/mol. The lowest BCUT2D eigenvalue weighted by molar-refractivity contribution is -0.143. The Labute approximate surface area is 485 Å². The number of amides is 8. The summed E-state index contributed by atoms with van der Waals surface area (Å²) in [4.78, 5) is 130. The summed E-state index contributed by atoms with van der Waals surface area (Å²) in [6.07, 6.45) is 2.02. The molecule has 0 spiro atoms. The van der Waals surface area contributed by atoms with Crippen LogP contribution in [0, 0.1) is 0 Å². The molecule has 6 rings (SSSR count). The highest BCUT2D eigenvalue weighted by molar-refractivity contribution is 6.78. The highest BCUT2D eigenvalue weighted by Gasteiger charge is 2.47. The van der Waals surface area contributed by atoms with E-state index in [0.717, 1.165) is 11.0 Å². The molecule has 4 aromatic rings. The molecule has 0 radical (unpaired) electrons. The highest BCUT2D eigenvalue weighted by atomic mass is 28.4. The first-order chi connectivity index (χ1) is 39.8. The second-order valence-corrected chi connectivity index (χ2v) is 26.5. The number of hydrogen-bond donors (Lipinski definition) is 6. The Morgan fingerprint density at radius 1 is 0.759 bits per heavy atom. The number of hydrogen-bond acceptors (Lipinski definition) is 12. The number of ketones is 1. The van der Waals surface area contributed by atoms with Crippen LogP contribution in [0.25, 0.3) is 6.08 Å². The molecular formula is C61H75N9O12Si. The molecule has 8 amide bonds. The Kier molecular flexibility index (Phi) is 23.5. The van der Waals surface area contributed by atoms with E-state index >= 15 is 0 Å². The van der Waals surface area contributed by atoms with Crippen LogP contribution in [0.3, 0.4) is 0 Å². The van der Waals surface area contributed by atoms with Gasteiger partial charge < -0.3 is 51.1 Å².